The Balaban J connectivity index is 1.48. The van der Waals surface area contributed by atoms with Gasteiger partial charge in [0.25, 0.3) is 5.69 Å². The average molecular weight is 614 g/mol. The Kier molecular flexibility index (Phi) is 6.89. The number of rotatable bonds is 6. The molecule has 1 N–H and O–H groups in total. The van der Waals surface area contributed by atoms with Gasteiger partial charge < -0.3 is 9.72 Å². The summed E-state index contributed by atoms with van der Waals surface area (Å²) < 4.78 is 46.4. The van der Waals surface area contributed by atoms with Crippen molar-refractivity contribution < 1.29 is 32.4 Å². The van der Waals surface area contributed by atoms with Crippen molar-refractivity contribution in [2.24, 2.45) is 5.92 Å². The second kappa shape index (κ2) is 10.4. The second-order valence-electron chi connectivity index (χ2n) is 9.56. The van der Waals surface area contributed by atoms with Crippen molar-refractivity contribution in [1.29, 1.82) is 0 Å². The molecule has 42 heavy (non-hydrogen) atoms. The largest absolute Gasteiger partial charge is 0.489 e. The number of thiazole rings is 1. The van der Waals surface area contributed by atoms with Crippen LogP contribution in [0.1, 0.15) is 27.5 Å². The molecule has 1 fully saturated rings. The highest BCUT2D eigenvalue weighted by molar-refractivity contribution is 8.00. The van der Waals surface area contributed by atoms with Crippen LogP contribution >= 0.6 is 23.1 Å². The Morgan fingerprint density at radius 3 is 2.45 bits per heavy atom. The number of benzene rings is 3. The number of thioether (sulfide) groups is 1. The number of nitrogens with zero attached hydrogens (tertiary/aromatic N) is 2. The van der Waals surface area contributed by atoms with Crippen LogP contribution in [0.5, 0.6) is 5.75 Å². The number of alkyl halides is 3. The number of nitrogens with one attached hydrogen (secondary N) is 1. The highest BCUT2D eigenvalue weighted by Crippen LogP contribution is 2.55. The van der Waals surface area contributed by atoms with E-state index in [9.17, 15) is 37.7 Å². The number of halogens is 3. The van der Waals surface area contributed by atoms with Gasteiger partial charge in [-0.2, -0.15) is 13.2 Å². The van der Waals surface area contributed by atoms with E-state index in [-0.39, 0.29) is 29.3 Å². The van der Waals surface area contributed by atoms with Gasteiger partial charge >= 0.3 is 11.0 Å². The second-order valence-corrected chi connectivity index (χ2v) is 11.7. The number of carbonyl (C=O) groups is 2. The molecule has 0 aliphatic carbocycles. The number of aromatic amines is 1. The maximum Gasteiger partial charge on any atom is 0.416 e. The van der Waals surface area contributed by atoms with E-state index in [1.54, 1.807) is 0 Å². The van der Waals surface area contributed by atoms with Gasteiger partial charge in [0, 0.05) is 28.5 Å². The van der Waals surface area contributed by atoms with Crippen molar-refractivity contribution in [1.82, 2.24) is 4.98 Å². The zero-order chi connectivity index (χ0) is 29.8. The zero-order valence-corrected chi connectivity index (χ0v) is 22.8. The monoisotopic (exact) mass is 613 g/mol. The average Bonchev–Trinajstić information content (AvgIpc) is 3.46. The molecule has 3 aromatic carbocycles. The third-order valence-electron chi connectivity index (χ3n) is 7.03. The van der Waals surface area contributed by atoms with Crippen molar-refractivity contribution >= 4 is 46.3 Å². The SMILES string of the molecule is O=C1C2Sc3[nH]c(=O)sc3C(c3cc([N+](=O)[O-])ccc3OCc3ccccc3)C2C(=O)N1c1cccc(C(F)(F)F)c1. The smallest absolute Gasteiger partial charge is 0.416 e. The molecule has 3 unspecified atom stereocenters. The Morgan fingerprint density at radius 2 is 1.74 bits per heavy atom. The highest BCUT2D eigenvalue weighted by atomic mass is 32.2. The number of hydrogen-bond acceptors (Lipinski definition) is 8. The van der Waals surface area contributed by atoms with Gasteiger partial charge in [0.15, 0.2) is 0 Å². The molecular formula is C28H18F3N3O6S2. The summed E-state index contributed by atoms with van der Waals surface area (Å²) in [5.74, 6) is -3.56. The van der Waals surface area contributed by atoms with Gasteiger partial charge in [-0.1, -0.05) is 59.5 Å². The van der Waals surface area contributed by atoms with Crippen molar-refractivity contribution in [2.45, 2.75) is 29.0 Å². The summed E-state index contributed by atoms with van der Waals surface area (Å²) >= 11 is 1.74. The Morgan fingerprint density at radius 1 is 0.976 bits per heavy atom. The van der Waals surface area contributed by atoms with Crippen LogP contribution in [0.3, 0.4) is 0 Å². The highest BCUT2D eigenvalue weighted by Gasteiger charge is 2.57. The fourth-order valence-corrected chi connectivity index (χ4v) is 7.69. The van der Waals surface area contributed by atoms with Crippen molar-refractivity contribution in [3.63, 3.8) is 0 Å². The van der Waals surface area contributed by atoms with Crippen LogP contribution in [-0.2, 0) is 22.4 Å². The van der Waals surface area contributed by atoms with Crippen LogP contribution in [-0.4, -0.2) is 27.0 Å². The lowest BCUT2D eigenvalue weighted by atomic mass is 9.82. The third kappa shape index (κ3) is 4.86. The number of anilines is 1. The standard InChI is InChI=1S/C28H18F3N3O6S2/c29-28(30,31)15-7-4-8-16(11-15)33-25(35)21-20(22-24(32-27(37)42-22)41-23(21)26(33)36)18-12-17(34(38)39)9-10-19(18)40-13-14-5-2-1-3-6-14/h1-12,20-21,23H,13H2,(H,32,37). The molecule has 4 aromatic rings. The van der Waals surface area contributed by atoms with Gasteiger partial charge in [0.2, 0.25) is 11.8 Å². The van der Waals surface area contributed by atoms with E-state index in [2.05, 4.69) is 4.98 Å². The molecule has 0 bridgehead atoms. The number of ether oxygens (including phenoxy) is 1. The van der Waals surface area contributed by atoms with E-state index in [1.165, 1.54) is 24.3 Å². The van der Waals surface area contributed by atoms with Gasteiger partial charge in [-0.3, -0.25) is 24.5 Å². The van der Waals surface area contributed by atoms with Gasteiger partial charge in [-0.25, -0.2) is 4.90 Å². The van der Waals surface area contributed by atoms with Gasteiger partial charge in [0.05, 0.1) is 27.1 Å². The molecule has 3 heterocycles. The Bertz CT molecular complexity index is 1790. The van der Waals surface area contributed by atoms with E-state index in [0.717, 1.165) is 51.8 Å². The first kappa shape index (κ1) is 27.7. The van der Waals surface area contributed by atoms with E-state index >= 15 is 0 Å². The van der Waals surface area contributed by atoms with Gasteiger partial charge in [-0.15, -0.1) is 0 Å². The number of hydrogen-bond donors (Lipinski definition) is 1. The molecular weight excluding hydrogens is 595 g/mol. The molecule has 0 spiro atoms. The predicted octanol–water partition coefficient (Wildman–Crippen LogP) is 5.74. The van der Waals surface area contributed by atoms with Crippen molar-refractivity contribution in [2.75, 3.05) is 4.90 Å². The molecule has 14 heteroatoms. The normalized spacial score (nSPS) is 19.9. The summed E-state index contributed by atoms with van der Waals surface area (Å²) in [5, 5.41) is 11.0. The van der Waals surface area contributed by atoms with Crippen LogP contribution in [0.2, 0.25) is 0 Å². The van der Waals surface area contributed by atoms with Crippen LogP contribution < -0.4 is 14.5 Å². The van der Waals surface area contributed by atoms with Crippen LogP contribution in [0.25, 0.3) is 0 Å². The number of nitro benzene ring substituents is 1. The van der Waals surface area contributed by atoms with Crippen molar-refractivity contribution in [3.05, 3.63) is 114 Å². The number of carbonyl (C=O) groups excluding carboxylic acids is 2. The molecule has 214 valence electrons. The van der Waals surface area contributed by atoms with E-state index < -0.39 is 50.4 Å². The lowest BCUT2D eigenvalue weighted by Crippen LogP contribution is -2.32. The summed E-state index contributed by atoms with van der Waals surface area (Å²) in [6, 6.07) is 16.9. The minimum absolute atomic E-state index is 0.0840. The number of imide groups is 1. The van der Waals surface area contributed by atoms with Gasteiger partial charge in [-0.05, 0) is 29.8 Å². The molecule has 9 nitrogen and oxygen atoms in total. The maximum atomic E-state index is 14.0. The first-order valence-electron chi connectivity index (χ1n) is 12.4. The molecule has 2 amide bonds. The number of amides is 2. The molecule has 3 atom stereocenters. The van der Waals surface area contributed by atoms with E-state index in [4.69, 9.17) is 4.74 Å². The Labute approximate surface area is 243 Å². The van der Waals surface area contributed by atoms with E-state index in [0.29, 0.717) is 9.90 Å². The quantitative estimate of drug-likeness (QED) is 0.167. The topological polar surface area (TPSA) is 123 Å². The molecule has 0 saturated carbocycles. The molecule has 1 aromatic heterocycles. The van der Waals surface area contributed by atoms with Gasteiger partial charge in [0.1, 0.15) is 17.6 Å². The number of nitro groups is 1. The molecule has 6 rings (SSSR count). The molecule has 0 radical (unpaired) electrons. The molecule has 1 saturated heterocycles. The van der Waals surface area contributed by atoms with Crippen LogP contribution in [0.15, 0.2) is 82.6 Å². The number of H-pyrrole nitrogens is 1. The summed E-state index contributed by atoms with van der Waals surface area (Å²) in [6.45, 7) is 0.0840. The third-order valence-corrected chi connectivity index (χ3v) is 9.43. The summed E-state index contributed by atoms with van der Waals surface area (Å²) in [7, 11) is 0. The van der Waals surface area contributed by atoms with Crippen molar-refractivity contribution in [3.8, 4) is 5.75 Å². The first-order chi connectivity index (χ1) is 20.0. The lowest BCUT2D eigenvalue weighted by molar-refractivity contribution is -0.385. The molecule has 2 aliphatic rings. The van der Waals surface area contributed by atoms with Crippen LogP contribution in [0.4, 0.5) is 24.5 Å². The minimum atomic E-state index is -4.70. The maximum absolute atomic E-state index is 14.0. The summed E-state index contributed by atoms with van der Waals surface area (Å²) in [6.07, 6.45) is -4.70. The predicted molar refractivity (Wildman–Crippen MR) is 148 cm³/mol. The summed E-state index contributed by atoms with van der Waals surface area (Å²) in [4.78, 5) is 54.5. The summed E-state index contributed by atoms with van der Waals surface area (Å²) in [5.41, 5.74) is -0.570. The minimum Gasteiger partial charge on any atom is -0.489 e. The number of fused-ring (bicyclic) bond motifs is 2. The Hall–Kier alpha value is -4.43. The zero-order valence-electron chi connectivity index (χ0n) is 21.2. The lowest BCUT2D eigenvalue weighted by Gasteiger charge is -2.30. The number of aromatic nitrogens is 1. The van der Waals surface area contributed by atoms with Crippen LogP contribution in [0, 0.1) is 16.0 Å². The molecule has 2 aliphatic heterocycles. The first-order valence-corrected chi connectivity index (χ1v) is 14.1. The van der Waals surface area contributed by atoms with E-state index in [1.807, 2.05) is 30.3 Å². The fraction of sp³-hybridized carbons (Fsp3) is 0.179. The fourth-order valence-electron chi connectivity index (χ4n) is 5.19. The number of non-ortho nitro benzene ring substituents is 1.